The molecule has 0 unspecified atom stereocenters. The van der Waals surface area contributed by atoms with Crippen LogP contribution in [0.2, 0.25) is 0 Å². The van der Waals surface area contributed by atoms with Gasteiger partial charge >= 0.3 is 0 Å². The molecule has 0 nitrogen and oxygen atoms in total. The molecule has 0 aliphatic heterocycles. The molecule has 0 spiro atoms. The summed E-state index contributed by atoms with van der Waals surface area (Å²) in [5, 5.41) is 0. The summed E-state index contributed by atoms with van der Waals surface area (Å²) in [6.45, 7) is 4.64. The van der Waals surface area contributed by atoms with Gasteiger partial charge in [0.15, 0.2) is 0 Å². The van der Waals surface area contributed by atoms with Crippen molar-refractivity contribution in [2.75, 3.05) is 0 Å². The molecule has 0 saturated heterocycles. The Labute approximate surface area is 84.1 Å². The van der Waals surface area contributed by atoms with Gasteiger partial charge in [-0.05, 0) is 31.1 Å². The van der Waals surface area contributed by atoms with E-state index in [0.717, 1.165) is 5.41 Å². The molecule has 0 N–H and O–H groups in total. The molecule has 1 fully saturated rings. The van der Waals surface area contributed by atoms with Crippen molar-refractivity contribution in [1.29, 1.82) is 0 Å². The van der Waals surface area contributed by atoms with Gasteiger partial charge in [0.25, 0.3) is 0 Å². The molecule has 1 rings (SSSR count). The van der Waals surface area contributed by atoms with Gasteiger partial charge in [-0.15, -0.1) is 0 Å². The molecular weight excluding hydrogens is 156 g/mol. The first-order valence-corrected chi connectivity index (χ1v) is 6.33. The Bertz CT molecular complexity index is 110. The van der Waals surface area contributed by atoms with Crippen molar-refractivity contribution in [3.05, 3.63) is 0 Å². The molecule has 78 valence electrons. The van der Waals surface area contributed by atoms with Crippen LogP contribution in [0, 0.1) is 5.41 Å². The number of hydrogen-bond acceptors (Lipinski definition) is 0. The van der Waals surface area contributed by atoms with Crippen LogP contribution in [-0.4, -0.2) is 0 Å². The third kappa shape index (κ3) is 3.32. The van der Waals surface area contributed by atoms with Gasteiger partial charge in [-0.1, -0.05) is 52.4 Å². The highest BCUT2D eigenvalue weighted by Crippen LogP contribution is 2.46. The smallest absolute Gasteiger partial charge is 0.0297 e. The van der Waals surface area contributed by atoms with Crippen molar-refractivity contribution in [1.82, 2.24) is 0 Å². The molecular formula is C13H26. The summed E-state index contributed by atoms with van der Waals surface area (Å²) in [7, 11) is 0. The lowest BCUT2D eigenvalue weighted by atomic mass is 9.77. The Morgan fingerprint density at radius 2 is 1.31 bits per heavy atom. The van der Waals surface area contributed by atoms with Crippen LogP contribution in [0.25, 0.3) is 0 Å². The Balaban J connectivity index is 2.33. The zero-order valence-corrected chi connectivity index (χ0v) is 9.57. The molecule has 0 aromatic rings. The van der Waals surface area contributed by atoms with E-state index < -0.39 is 0 Å². The van der Waals surface area contributed by atoms with Crippen LogP contribution in [0.5, 0.6) is 0 Å². The van der Waals surface area contributed by atoms with Crippen molar-refractivity contribution in [3.8, 4) is 0 Å². The van der Waals surface area contributed by atoms with Crippen LogP contribution in [0.4, 0.5) is 0 Å². The average molecular weight is 182 g/mol. The fraction of sp³-hybridized carbons (Fsp3) is 1.00. The van der Waals surface area contributed by atoms with Gasteiger partial charge in [-0.2, -0.15) is 0 Å². The molecule has 1 aliphatic rings. The van der Waals surface area contributed by atoms with E-state index in [-0.39, 0.29) is 0 Å². The highest BCUT2D eigenvalue weighted by atomic mass is 14.4. The van der Waals surface area contributed by atoms with Crippen LogP contribution in [-0.2, 0) is 0 Å². The second kappa shape index (κ2) is 5.67. The fourth-order valence-corrected chi connectivity index (χ4v) is 2.85. The van der Waals surface area contributed by atoms with E-state index >= 15 is 0 Å². The van der Waals surface area contributed by atoms with Crippen LogP contribution in [0.1, 0.15) is 78.1 Å². The first-order chi connectivity index (χ1) is 6.33. The summed E-state index contributed by atoms with van der Waals surface area (Å²) in [6, 6.07) is 0. The van der Waals surface area contributed by atoms with Crippen molar-refractivity contribution < 1.29 is 0 Å². The summed E-state index contributed by atoms with van der Waals surface area (Å²) in [4.78, 5) is 0. The second-order valence-electron chi connectivity index (χ2n) is 4.91. The highest BCUT2D eigenvalue weighted by molar-refractivity contribution is 4.84. The van der Waals surface area contributed by atoms with Crippen LogP contribution < -0.4 is 0 Å². The maximum atomic E-state index is 2.32. The minimum absolute atomic E-state index is 0.798. The monoisotopic (exact) mass is 182 g/mol. The lowest BCUT2D eigenvalue weighted by Gasteiger charge is -2.28. The van der Waals surface area contributed by atoms with Gasteiger partial charge in [0, 0.05) is 0 Å². The van der Waals surface area contributed by atoms with Gasteiger partial charge in [-0.25, -0.2) is 0 Å². The molecule has 0 aromatic heterocycles. The Hall–Kier alpha value is 0. The molecule has 0 aromatic carbocycles. The second-order valence-corrected chi connectivity index (χ2v) is 4.91. The van der Waals surface area contributed by atoms with Gasteiger partial charge in [0.1, 0.15) is 0 Å². The quantitative estimate of drug-likeness (QED) is 0.546. The summed E-state index contributed by atoms with van der Waals surface area (Å²) < 4.78 is 0. The van der Waals surface area contributed by atoms with Crippen molar-refractivity contribution in [3.63, 3.8) is 0 Å². The van der Waals surface area contributed by atoms with Crippen LogP contribution in [0.15, 0.2) is 0 Å². The van der Waals surface area contributed by atoms with Gasteiger partial charge in [0.05, 0.1) is 0 Å². The number of unbranched alkanes of at least 4 members (excludes halogenated alkanes) is 2. The van der Waals surface area contributed by atoms with E-state index in [1.54, 1.807) is 0 Å². The molecule has 0 heterocycles. The van der Waals surface area contributed by atoms with E-state index in [0.29, 0.717) is 0 Å². The third-order valence-corrected chi connectivity index (χ3v) is 3.79. The molecule has 0 amide bonds. The Morgan fingerprint density at radius 3 is 1.69 bits per heavy atom. The Kier molecular flexibility index (Phi) is 4.83. The normalized spacial score (nSPS) is 20.8. The van der Waals surface area contributed by atoms with Gasteiger partial charge in [-0.3, -0.25) is 0 Å². The van der Waals surface area contributed by atoms with Gasteiger partial charge < -0.3 is 0 Å². The molecule has 0 radical (unpaired) electrons. The SMILES string of the molecule is CCCCC1(CCCC)CCCC1. The third-order valence-electron chi connectivity index (χ3n) is 3.79. The van der Waals surface area contributed by atoms with Crippen molar-refractivity contribution in [2.45, 2.75) is 78.1 Å². The lowest BCUT2D eigenvalue weighted by molar-refractivity contribution is 0.234. The lowest BCUT2D eigenvalue weighted by Crippen LogP contribution is -2.15. The zero-order valence-electron chi connectivity index (χ0n) is 9.57. The fourth-order valence-electron chi connectivity index (χ4n) is 2.85. The number of rotatable bonds is 6. The predicted octanol–water partition coefficient (Wildman–Crippen LogP) is 4.93. The van der Waals surface area contributed by atoms with Crippen molar-refractivity contribution >= 4 is 0 Å². The predicted molar refractivity (Wildman–Crippen MR) is 60.0 cm³/mol. The maximum Gasteiger partial charge on any atom is -0.0297 e. The van der Waals surface area contributed by atoms with Crippen LogP contribution >= 0.6 is 0 Å². The van der Waals surface area contributed by atoms with Gasteiger partial charge in [0.2, 0.25) is 0 Å². The molecule has 1 aliphatic carbocycles. The number of hydrogen-bond donors (Lipinski definition) is 0. The Morgan fingerprint density at radius 1 is 0.846 bits per heavy atom. The zero-order chi connectivity index (χ0) is 9.57. The average Bonchev–Trinajstić information content (AvgIpc) is 2.61. The standard InChI is InChI=1S/C13H26/c1-3-5-9-13(10-6-4-2)11-7-8-12-13/h3-12H2,1-2H3. The first kappa shape index (κ1) is 11.1. The van der Waals surface area contributed by atoms with E-state index in [1.165, 1.54) is 64.2 Å². The van der Waals surface area contributed by atoms with Crippen LogP contribution in [0.3, 0.4) is 0 Å². The van der Waals surface area contributed by atoms with E-state index in [9.17, 15) is 0 Å². The molecule has 1 saturated carbocycles. The topological polar surface area (TPSA) is 0 Å². The minimum Gasteiger partial charge on any atom is -0.0654 e. The van der Waals surface area contributed by atoms with E-state index in [2.05, 4.69) is 13.8 Å². The summed E-state index contributed by atoms with van der Waals surface area (Å²) in [5.74, 6) is 0. The first-order valence-electron chi connectivity index (χ1n) is 6.33. The van der Waals surface area contributed by atoms with Crippen molar-refractivity contribution in [2.24, 2.45) is 5.41 Å². The summed E-state index contributed by atoms with van der Waals surface area (Å²) in [5.41, 5.74) is 0.798. The molecule has 13 heavy (non-hydrogen) atoms. The van der Waals surface area contributed by atoms with E-state index in [1.807, 2.05) is 0 Å². The minimum atomic E-state index is 0.798. The summed E-state index contributed by atoms with van der Waals surface area (Å²) in [6.07, 6.45) is 14.8. The molecule has 0 heteroatoms. The largest absolute Gasteiger partial charge is 0.0654 e. The maximum absolute atomic E-state index is 2.32. The summed E-state index contributed by atoms with van der Waals surface area (Å²) >= 11 is 0. The molecule has 0 atom stereocenters. The highest BCUT2D eigenvalue weighted by Gasteiger charge is 2.31. The van der Waals surface area contributed by atoms with E-state index in [4.69, 9.17) is 0 Å². The molecule has 0 bridgehead atoms.